The zero-order chi connectivity index (χ0) is 16.7. The molecule has 0 bridgehead atoms. The van der Waals surface area contributed by atoms with Gasteiger partial charge in [0.1, 0.15) is 11.5 Å². The van der Waals surface area contributed by atoms with E-state index in [9.17, 15) is 0 Å². The number of guanidine groups is 1. The number of halogens is 1. The summed E-state index contributed by atoms with van der Waals surface area (Å²) >= 11 is 0. The highest BCUT2D eigenvalue weighted by Gasteiger charge is 2.29. The molecule has 1 aromatic carbocycles. The van der Waals surface area contributed by atoms with Gasteiger partial charge in [0.25, 0.3) is 0 Å². The van der Waals surface area contributed by atoms with Gasteiger partial charge < -0.3 is 24.8 Å². The van der Waals surface area contributed by atoms with E-state index in [-0.39, 0.29) is 29.6 Å². The van der Waals surface area contributed by atoms with Crippen LogP contribution in [0.5, 0.6) is 11.5 Å². The molecule has 2 rings (SSSR count). The van der Waals surface area contributed by atoms with Gasteiger partial charge in [-0.2, -0.15) is 0 Å². The first-order valence-electron chi connectivity index (χ1n) is 7.89. The fourth-order valence-electron chi connectivity index (χ4n) is 2.64. The van der Waals surface area contributed by atoms with Crippen molar-refractivity contribution in [2.45, 2.75) is 31.9 Å². The summed E-state index contributed by atoms with van der Waals surface area (Å²) in [5, 5.41) is 6.63. The van der Waals surface area contributed by atoms with Crippen LogP contribution in [-0.2, 0) is 11.3 Å². The van der Waals surface area contributed by atoms with Crippen molar-refractivity contribution in [1.82, 2.24) is 10.6 Å². The van der Waals surface area contributed by atoms with Crippen molar-refractivity contribution in [1.29, 1.82) is 0 Å². The molecule has 1 saturated heterocycles. The fraction of sp³-hybridized carbons (Fsp3) is 0.588. The second-order valence-electron chi connectivity index (χ2n) is 5.86. The predicted molar refractivity (Wildman–Crippen MR) is 107 cm³/mol. The highest BCUT2D eigenvalue weighted by molar-refractivity contribution is 14.0. The van der Waals surface area contributed by atoms with Crippen LogP contribution in [0.2, 0.25) is 0 Å². The van der Waals surface area contributed by atoms with Gasteiger partial charge in [-0.3, -0.25) is 4.99 Å². The molecule has 1 aromatic rings. The molecule has 0 saturated carbocycles. The predicted octanol–water partition coefficient (Wildman–Crippen LogP) is 2.56. The molecule has 1 atom stereocenters. The molecule has 0 aromatic heterocycles. The number of rotatable bonds is 6. The van der Waals surface area contributed by atoms with Gasteiger partial charge in [-0.05, 0) is 31.9 Å². The van der Waals surface area contributed by atoms with Crippen molar-refractivity contribution in [2.75, 3.05) is 34.4 Å². The summed E-state index contributed by atoms with van der Waals surface area (Å²) in [6.45, 7) is 4.33. The Morgan fingerprint density at radius 3 is 2.67 bits per heavy atom. The van der Waals surface area contributed by atoms with Gasteiger partial charge in [0.05, 0.1) is 19.8 Å². The highest BCUT2D eigenvalue weighted by Crippen LogP contribution is 2.25. The smallest absolute Gasteiger partial charge is 0.191 e. The summed E-state index contributed by atoms with van der Waals surface area (Å²) in [6.07, 6.45) is 2.19. The molecule has 0 spiro atoms. The minimum atomic E-state index is -0.102. The van der Waals surface area contributed by atoms with Crippen molar-refractivity contribution in [3.8, 4) is 11.5 Å². The van der Waals surface area contributed by atoms with Crippen molar-refractivity contribution >= 4 is 29.9 Å². The number of methoxy groups -OCH3 is 2. The third kappa shape index (κ3) is 5.70. The molecule has 1 fully saturated rings. The Bertz CT molecular complexity index is 546. The first-order chi connectivity index (χ1) is 11.1. The Kier molecular flexibility index (Phi) is 8.61. The van der Waals surface area contributed by atoms with Gasteiger partial charge in [-0.25, -0.2) is 0 Å². The Hall–Kier alpha value is -1.22. The molecule has 7 heteroatoms. The van der Waals surface area contributed by atoms with E-state index in [1.54, 1.807) is 21.3 Å². The number of ether oxygens (including phenoxy) is 3. The number of aliphatic imine (C=N–C) groups is 1. The molecule has 2 N–H and O–H groups in total. The highest BCUT2D eigenvalue weighted by atomic mass is 127. The molecule has 1 heterocycles. The first-order valence-corrected chi connectivity index (χ1v) is 7.89. The lowest BCUT2D eigenvalue weighted by molar-refractivity contribution is 0.0243. The van der Waals surface area contributed by atoms with Crippen LogP contribution in [0.25, 0.3) is 0 Å². The molecule has 24 heavy (non-hydrogen) atoms. The summed E-state index contributed by atoms with van der Waals surface area (Å²) in [6, 6.07) is 5.78. The Morgan fingerprint density at radius 1 is 1.29 bits per heavy atom. The second kappa shape index (κ2) is 9.93. The van der Waals surface area contributed by atoms with Crippen LogP contribution >= 0.6 is 24.0 Å². The van der Waals surface area contributed by atoms with Gasteiger partial charge in [0.15, 0.2) is 5.96 Å². The molecular weight excluding hydrogens is 421 g/mol. The monoisotopic (exact) mass is 449 g/mol. The van der Waals surface area contributed by atoms with E-state index >= 15 is 0 Å². The number of nitrogens with one attached hydrogen (secondary N) is 2. The van der Waals surface area contributed by atoms with Crippen molar-refractivity contribution in [2.24, 2.45) is 4.99 Å². The van der Waals surface area contributed by atoms with Crippen LogP contribution in [0.1, 0.15) is 25.3 Å². The summed E-state index contributed by atoms with van der Waals surface area (Å²) in [7, 11) is 5.06. The average molecular weight is 449 g/mol. The minimum Gasteiger partial charge on any atom is -0.497 e. The van der Waals surface area contributed by atoms with E-state index in [2.05, 4.69) is 22.5 Å². The van der Waals surface area contributed by atoms with Crippen molar-refractivity contribution < 1.29 is 14.2 Å². The van der Waals surface area contributed by atoms with Crippen LogP contribution in [0.4, 0.5) is 0 Å². The van der Waals surface area contributed by atoms with Crippen LogP contribution < -0.4 is 20.1 Å². The van der Waals surface area contributed by atoms with Crippen LogP contribution in [0.15, 0.2) is 23.2 Å². The number of hydrogen-bond donors (Lipinski definition) is 2. The molecule has 0 amide bonds. The van der Waals surface area contributed by atoms with E-state index in [1.165, 1.54) is 0 Å². The molecular formula is C17H28IN3O3. The zero-order valence-corrected chi connectivity index (χ0v) is 17.2. The third-order valence-corrected chi connectivity index (χ3v) is 4.09. The summed E-state index contributed by atoms with van der Waals surface area (Å²) in [5.41, 5.74) is 0.940. The van der Waals surface area contributed by atoms with Crippen LogP contribution in [0.3, 0.4) is 0 Å². The molecule has 1 aliphatic rings. The van der Waals surface area contributed by atoms with Gasteiger partial charge in [-0.1, -0.05) is 0 Å². The summed E-state index contributed by atoms with van der Waals surface area (Å²) in [4.78, 5) is 4.26. The van der Waals surface area contributed by atoms with Crippen molar-refractivity contribution in [3.05, 3.63) is 23.8 Å². The van der Waals surface area contributed by atoms with E-state index in [0.717, 1.165) is 49.0 Å². The van der Waals surface area contributed by atoms with Crippen LogP contribution in [-0.4, -0.2) is 46.0 Å². The molecule has 6 nitrogen and oxygen atoms in total. The number of benzene rings is 1. The SMILES string of the molecule is CN=C(NCc1ccc(OC)cc1OC)NCC1(C)CCCO1.I. The van der Waals surface area contributed by atoms with Gasteiger partial charge in [-0.15, -0.1) is 24.0 Å². The quantitative estimate of drug-likeness (QED) is 0.397. The standard InChI is InChI=1S/C17H27N3O3.HI/c1-17(8-5-9-23-17)12-20-16(18-2)19-11-13-6-7-14(21-3)10-15(13)22-4;/h6-7,10H,5,8-9,11-12H2,1-4H3,(H2,18,19,20);1H. The zero-order valence-electron chi connectivity index (χ0n) is 14.8. The Morgan fingerprint density at radius 2 is 2.08 bits per heavy atom. The van der Waals surface area contributed by atoms with Crippen LogP contribution in [0, 0.1) is 0 Å². The lowest BCUT2D eigenvalue weighted by Gasteiger charge is -2.24. The largest absolute Gasteiger partial charge is 0.497 e. The van der Waals surface area contributed by atoms with Gasteiger partial charge >= 0.3 is 0 Å². The van der Waals surface area contributed by atoms with Gasteiger partial charge in [0.2, 0.25) is 0 Å². The van der Waals surface area contributed by atoms with E-state index in [4.69, 9.17) is 14.2 Å². The first kappa shape index (κ1) is 20.8. The summed E-state index contributed by atoms with van der Waals surface area (Å²) < 4.78 is 16.4. The normalized spacial score (nSPS) is 20.2. The molecule has 136 valence electrons. The summed E-state index contributed by atoms with van der Waals surface area (Å²) in [5.74, 6) is 2.32. The maximum Gasteiger partial charge on any atom is 0.191 e. The molecule has 0 aliphatic carbocycles. The van der Waals surface area contributed by atoms with Gasteiger partial charge in [0, 0.05) is 38.4 Å². The van der Waals surface area contributed by atoms with E-state index < -0.39 is 0 Å². The van der Waals surface area contributed by atoms with E-state index in [0.29, 0.717) is 6.54 Å². The molecule has 1 aliphatic heterocycles. The number of nitrogens with zero attached hydrogens (tertiary/aromatic N) is 1. The van der Waals surface area contributed by atoms with Crippen molar-refractivity contribution in [3.63, 3.8) is 0 Å². The fourth-order valence-corrected chi connectivity index (χ4v) is 2.64. The molecule has 0 radical (unpaired) electrons. The molecule has 1 unspecified atom stereocenters. The Labute approximate surface area is 161 Å². The maximum absolute atomic E-state index is 5.78. The lowest BCUT2D eigenvalue weighted by atomic mass is 10.0. The Balaban J connectivity index is 0.00000288. The second-order valence-corrected chi connectivity index (χ2v) is 5.86. The topological polar surface area (TPSA) is 64.1 Å². The lowest BCUT2D eigenvalue weighted by Crippen LogP contribution is -2.45. The average Bonchev–Trinajstić information content (AvgIpc) is 3.01. The number of hydrogen-bond acceptors (Lipinski definition) is 4. The van der Waals surface area contributed by atoms with E-state index in [1.807, 2.05) is 18.2 Å². The minimum absolute atomic E-state index is 0. The third-order valence-electron chi connectivity index (χ3n) is 4.09. The maximum atomic E-state index is 5.78.